The first-order chi connectivity index (χ1) is 8.57. The minimum atomic E-state index is -0.596. The Morgan fingerprint density at radius 2 is 1.94 bits per heavy atom. The number of hydrogen-bond acceptors (Lipinski definition) is 0. The monoisotopic (exact) mass is 382 g/mol. The van der Waals surface area contributed by atoms with Crippen molar-refractivity contribution in [2.75, 3.05) is 0 Å². The molecule has 0 N–H and O–H groups in total. The molecule has 0 aliphatic heterocycles. The molecule has 0 aromatic carbocycles. The SMILES string of the molecule is CCCC1(C2(I)C(F)=CCC=C2Cl)CCCCC1. The van der Waals surface area contributed by atoms with Crippen molar-refractivity contribution in [1.82, 2.24) is 0 Å². The van der Waals surface area contributed by atoms with Gasteiger partial charge in [0.15, 0.2) is 0 Å². The quantitative estimate of drug-likeness (QED) is 0.397. The van der Waals surface area contributed by atoms with Crippen molar-refractivity contribution in [3.63, 3.8) is 0 Å². The molecule has 0 bridgehead atoms. The van der Waals surface area contributed by atoms with E-state index in [1.807, 2.05) is 6.08 Å². The van der Waals surface area contributed by atoms with E-state index in [1.54, 1.807) is 6.08 Å². The highest BCUT2D eigenvalue weighted by molar-refractivity contribution is 14.1. The molecule has 1 saturated carbocycles. The molecule has 0 spiro atoms. The molecule has 1 unspecified atom stereocenters. The fourth-order valence-electron chi connectivity index (χ4n) is 3.64. The summed E-state index contributed by atoms with van der Waals surface area (Å²) < 4.78 is 14.0. The second-order valence-electron chi connectivity index (χ2n) is 5.59. The molecule has 0 amide bonds. The van der Waals surface area contributed by atoms with Crippen molar-refractivity contribution in [2.45, 2.75) is 61.7 Å². The van der Waals surface area contributed by atoms with Gasteiger partial charge >= 0.3 is 0 Å². The van der Waals surface area contributed by atoms with E-state index < -0.39 is 3.42 Å². The molecule has 2 aliphatic carbocycles. The second-order valence-corrected chi connectivity index (χ2v) is 7.61. The van der Waals surface area contributed by atoms with Crippen LogP contribution in [0.1, 0.15) is 58.3 Å². The Morgan fingerprint density at radius 1 is 1.28 bits per heavy atom. The average molecular weight is 383 g/mol. The lowest BCUT2D eigenvalue weighted by Crippen LogP contribution is -2.46. The van der Waals surface area contributed by atoms with Gasteiger partial charge in [0, 0.05) is 5.03 Å². The van der Waals surface area contributed by atoms with Crippen LogP contribution >= 0.6 is 34.2 Å². The summed E-state index contributed by atoms with van der Waals surface area (Å²) in [7, 11) is 0. The summed E-state index contributed by atoms with van der Waals surface area (Å²) in [5.74, 6) is -0.00838. The molecular weight excluding hydrogens is 362 g/mol. The van der Waals surface area contributed by atoms with E-state index >= 15 is 0 Å². The first-order valence-corrected chi connectivity index (χ1v) is 8.44. The van der Waals surface area contributed by atoms with Crippen LogP contribution in [0.4, 0.5) is 4.39 Å². The Balaban J connectivity index is 2.42. The maximum atomic E-state index is 14.6. The highest BCUT2D eigenvalue weighted by atomic mass is 127. The molecule has 102 valence electrons. The molecule has 1 atom stereocenters. The smallest absolute Gasteiger partial charge is 0.118 e. The fourth-order valence-corrected chi connectivity index (χ4v) is 5.27. The molecule has 0 heterocycles. The molecule has 0 radical (unpaired) electrons. The Bertz CT molecular complexity index is 343. The Morgan fingerprint density at radius 3 is 2.50 bits per heavy atom. The zero-order valence-corrected chi connectivity index (χ0v) is 13.9. The summed E-state index contributed by atoms with van der Waals surface area (Å²) in [5.41, 5.74) is 0.0230. The molecule has 3 heteroatoms. The predicted molar refractivity (Wildman–Crippen MR) is 84.9 cm³/mol. The zero-order chi connectivity index (χ0) is 13.2. The van der Waals surface area contributed by atoms with Crippen LogP contribution in [0.2, 0.25) is 0 Å². The van der Waals surface area contributed by atoms with E-state index in [-0.39, 0.29) is 11.2 Å². The number of rotatable bonds is 3. The maximum absolute atomic E-state index is 14.6. The lowest BCUT2D eigenvalue weighted by Gasteiger charge is -2.50. The van der Waals surface area contributed by atoms with Gasteiger partial charge in [-0.05, 0) is 37.2 Å². The van der Waals surface area contributed by atoms with Gasteiger partial charge in [-0.2, -0.15) is 0 Å². The van der Waals surface area contributed by atoms with Crippen LogP contribution in [0.5, 0.6) is 0 Å². The van der Waals surface area contributed by atoms with Gasteiger partial charge in [-0.3, -0.25) is 0 Å². The standard InChI is InChI=1S/C15H21ClFI/c1-2-9-14(10-4-3-5-11-14)15(18)12(16)7-6-8-13(15)17/h7-8H,2-6,9-11H2,1H3. The summed E-state index contributed by atoms with van der Waals surface area (Å²) in [6.45, 7) is 2.19. The number of hydrogen-bond donors (Lipinski definition) is 0. The number of alkyl halides is 1. The van der Waals surface area contributed by atoms with Crippen LogP contribution in [0.3, 0.4) is 0 Å². The van der Waals surface area contributed by atoms with Crippen LogP contribution in [0.25, 0.3) is 0 Å². The summed E-state index contributed by atoms with van der Waals surface area (Å²) >= 11 is 8.74. The van der Waals surface area contributed by atoms with Crippen LogP contribution in [0, 0.1) is 5.41 Å². The van der Waals surface area contributed by atoms with E-state index in [4.69, 9.17) is 11.6 Å². The van der Waals surface area contributed by atoms with Crippen molar-refractivity contribution < 1.29 is 4.39 Å². The predicted octanol–water partition coefficient (Wildman–Crippen LogP) is 6.29. The van der Waals surface area contributed by atoms with Crippen LogP contribution in [-0.4, -0.2) is 3.42 Å². The molecule has 0 nitrogen and oxygen atoms in total. The van der Waals surface area contributed by atoms with Crippen molar-refractivity contribution in [2.24, 2.45) is 5.41 Å². The van der Waals surface area contributed by atoms with Gasteiger partial charge in [0.05, 0.1) is 0 Å². The van der Waals surface area contributed by atoms with Crippen molar-refractivity contribution in [3.8, 4) is 0 Å². The van der Waals surface area contributed by atoms with Gasteiger partial charge in [-0.15, -0.1) is 0 Å². The lowest BCUT2D eigenvalue weighted by molar-refractivity contribution is 0.140. The minimum Gasteiger partial charge on any atom is -0.210 e. The summed E-state index contributed by atoms with van der Waals surface area (Å²) in [6, 6.07) is 0. The Hall–Kier alpha value is 0.430. The van der Waals surface area contributed by atoms with Crippen molar-refractivity contribution in [1.29, 1.82) is 0 Å². The molecule has 0 aromatic heterocycles. The molecule has 18 heavy (non-hydrogen) atoms. The third kappa shape index (κ3) is 2.28. The maximum Gasteiger partial charge on any atom is 0.118 e. The minimum absolute atomic E-state index is 0.00838. The second kappa shape index (κ2) is 5.82. The van der Waals surface area contributed by atoms with Gasteiger partial charge in [-0.25, -0.2) is 4.39 Å². The van der Waals surface area contributed by atoms with Crippen LogP contribution in [-0.2, 0) is 0 Å². The Kier molecular flexibility index (Phi) is 4.80. The highest BCUT2D eigenvalue weighted by Crippen LogP contribution is 2.61. The Labute approximate surface area is 128 Å². The van der Waals surface area contributed by atoms with Gasteiger partial charge < -0.3 is 0 Å². The van der Waals surface area contributed by atoms with Gasteiger partial charge in [0.2, 0.25) is 0 Å². The van der Waals surface area contributed by atoms with E-state index in [0.29, 0.717) is 6.42 Å². The number of halogens is 3. The molecular formula is C15H21ClFI. The zero-order valence-electron chi connectivity index (χ0n) is 10.9. The summed E-state index contributed by atoms with van der Waals surface area (Å²) in [6.07, 6.45) is 12.4. The van der Waals surface area contributed by atoms with E-state index in [1.165, 1.54) is 19.3 Å². The van der Waals surface area contributed by atoms with Gasteiger partial charge in [0.25, 0.3) is 0 Å². The third-order valence-corrected chi connectivity index (χ3v) is 7.52. The topological polar surface area (TPSA) is 0 Å². The van der Waals surface area contributed by atoms with E-state index in [0.717, 1.165) is 30.7 Å². The van der Waals surface area contributed by atoms with Gasteiger partial charge in [-0.1, -0.05) is 72.9 Å². The molecule has 2 aliphatic rings. The summed E-state index contributed by atoms with van der Waals surface area (Å²) in [5, 5.41) is 0.721. The number of allylic oxidation sites excluding steroid dienone is 4. The van der Waals surface area contributed by atoms with Crippen LogP contribution in [0.15, 0.2) is 23.0 Å². The highest BCUT2D eigenvalue weighted by Gasteiger charge is 2.54. The average Bonchev–Trinajstić information content (AvgIpc) is 2.37. The molecule has 0 aromatic rings. The molecule has 1 fully saturated rings. The molecule has 0 saturated heterocycles. The van der Waals surface area contributed by atoms with Crippen LogP contribution < -0.4 is 0 Å². The van der Waals surface area contributed by atoms with E-state index in [2.05, 4.69) is 29.5 Å². The first kappa shape index (κ1) is 14.8. The fraction of sp³-hybridized carbons (Fsp3) is 0.733. The summed E-state index contributed by atoms with van der Waals surface area (Å²) in [4.78, 5) is 0. The van der Waals surface area contributed by atoms with Crippen molar-refractivity contribution >= 4 is 34.2 Å². The van der Waals surface area contributed by atoms with E-state index in [9.17, 15) is 4.39 Å². The first-order valence-electron chi connectivity index (χ1n) is 6.98. The molecule has 2 rings (SSSR count). The third-order valence-electron chi connectivity index (χ3n) is 4.52. The largest absolute Gasteiger partial charge is 0.210 e. The lowest BCUT2D eigenvalue weighted by atomic mass is 9.62. The normalized spacial score (nSPS) is 31.8. The van der Waals surface area contributed by atoms with Gasteiger partial charge in [0.1, 0.15) is 9.25 Å². The van der Waals surface area contributed by atoms with Crippen molar-refractivity contribution in [3.05, 3.63) is 23.0 Å².